The topological polar surface area (TPSA) is 45.2 Å². The van der Waals surface area contributed by atoms with Crippen molar-refractivity contribution in [2.75, 3.05) is 18.0 Å². The van der Waals surface area contributed by atoms with Gasteiger partial charge in [-0.3, -0.25) is 4.79 Å². The number of nitrogens with zero attached hydrogens (tertiary/aromatic N) is 2. The van der Waals surface area contributed by atoms with Crippen LogP contribution in [0.15, 0.2) is 42.6 Å². The largest absolute Gasteiger partial charge is 0.357 e. The number of carbonyl (C=O) groups excluding carboxylic acids is 1. The first kappa shape index (κ1) is 16.1. The molecule has 1 aromatic carbocycles. The second-order valence-corrected chi connectivity index (χ2v) is 7.13. The van der Waals surface area contributed by atoms with E-state index in [9.17, 15) is 4.79 Å². The molecule has 2 fully saturated rings. The molecule has 4 nitrogen and oxygen atoms in total. The Labute approximate surface area is 149 Å². The third-order valence-electron chi connectivity index (χ3n) is 5.33. The van der Waals surface area contributed by atoms with Crippen LogP contribution in [-0.4, -0.2) is 30.0 Å². The molecule has 1 saturated heterocycles. The van der Waals surface area contributed by atoms with Gasteiger partial charge in [0.2, 0.25) is 0 Å². The molecule has 1 aliphatic heterocycles. The Kier molecular flexibility index (Phi) is 4.68. The molecule has 25 heavy (non-hydrogen) atoms. The maximum absolute atomic E-state index is 12.5. The summed E-state index contributed by atoms with van der Waals surface area (Å²) in [6.07, 6.45) is 9.07. The fourth-order valence-electron chi connectivity index (χ4n) is 3.87. The van der Waals surface area contributed by atoms with Gasteiger partial charge in [-0.15, -0.1) is 0 Å². The highest BCUT2D eigenvalue weighted by atomic mass is 16.1. The molecule has 1 aliphatic carbocycles. The smallest absolute Gasteiger partial charge is 0.251 e. The third-order valence-corrected chi connectivity index (χ3v) is 5.33. The van der Waals surface area contributed by atoms with Gasteiger partial charge in [0.25, 0.3) is 5.91 Å². The first-order chi connectivity index (χ1) is 12.3. The van der Waals surface area contributed by atoms with Gasteiger partial charge in [0.15, 0.2) is 0 Å². The normalized spacial score (nSPS) is 17.8. The van der Waals surface area contributed by atoms with E-state index >= 15 is 0 Å². The van der Waals surface area contributed by atoms with Crippen LogP contribution in [0.25, 0.3) is 11.1 Å². The zero-order valence-electron chi connectivity index (χ0n) is 14.6. The molecular formula is C21H25N3O. The molecule has 1 N–H and O–H groups in total. The van der Waals surface area contributed by atoms with Crippen molar-refractivity contribution < 1.29 is 4.79 Å². The zero-order chi connectivity index (χ0) is 17.1. The van der Waals surface area contributed by atoms with Gasteiger partial charge < -0.3 is 10.2 Å². The predicted molar refractivity (Wildman–Crippen MR) is 101 cm³/mol. The molecule has 1 amide bonds. The van der Waals surface area contributed by atoms with E-state index in [-0.39, 0.29) is 5.91 Å². The number of rotatable bonds is 4. The van der Waals surface area contributed by atoms with Crippen molar-refractivity contribution in [3.8, 4) is 11.1 Å². The number of hydrogen-bond acceptors (Lipinski definition) is 3. The fraction of sp³-hybridized carbons (Fsp3) is 0.429. The van der Waals surface area contributed by atoms with Crippen LogP contribution in [0, 0.1) is 0 Å². The molecule has 0 unspecified atom stereocenters. The van der Waals surface area contributed by atoms with Crippen LogP contribution in [-0.2, 0) is 0 Å². The van der Waals surface area contributed by atoms with Gasteiger partial charge >= 0.3 is 0 Å². The van der Waals surface area contributed by atoms with E-state index < -0.39 is 0 Å². The van der Waals surface area contributed by atoms with Crippen molar-refractivity contribution in [1.29, 1.82) is 0 Å². The Balaban J connectivity index is 1.49. The Bertz CT molecular complexity index is 729. The average Bonchev–Trinajstić information content (AvgIpc) is 3.36. The van der Waals surface area contributed by atoms with Crippen molar-refractivity contribution in [3.05, 3.63) is 48.2 Å². The van der Waals surface area contributed by atoms with Crippen molar-refractivity contribution in [1.82, 2.24) is 10.3 Å². The molecule has 2 aliphatic rings. The van der Waals surface area contributed by atoms with Crippen LogP contribution in [0.5, 0.6) is 0 Å². The molecule has 130 valence electrons. The molecule has 2 aromatic rings. The highest BCUT2D eigenvalue weighted by Gasteiger charge is 2.18. The average molecular weight is 335 g/mol. The summed E-state index contributed by atoms with van der Waals surface area (Å²) in [5, 5.41) is 3.16. The minimum absolute atomic E-state index is 0.0374. The summed E-state index contributed by atoms with van der Waals surface area (Å²) >= 11 is 0. The lowest BCUT2D eigenvalue weighted by Gasteiger charge is -2.16. The number of aromatic nitrogens is 1. The van der Waals surface area contributed by atoms with Crippen LogP contribution in [0.2, 0.25) is 0 Å². The SMILES string of the molecule is O=C(NC1CCCC1)c1cccc(-c2ccc(N3CCCC3)nc2)c1. The first-order valence-corrected chi connectivity index (χ1v) is 9.42. The predicted octanol–water partition coefficient (Wildman–Crippen LogP) is 4.02. The summed E-state index contributed by atoms with van der Waals surface area (Å²) in [6.45, 7) is 2.20. The fourth-order valence-corrected chi connectivity index (χ4v) is 3.87. The molecule has 2 heterocycles. The number of benzene rings is 1. The van der Waals surface area contributed by atoms with E-state index in [4.69, 9.17) is 0 Å². The van der Waals surface area contributed by atoms with Crippen LogP contribution in [0.4, 0.5) is 5.82 Å². The Hall–Kier alpha value is -2.36. The lowest BCUT2D eigenvalue weighted by Crippen LogP contribution is -2.32. The van der Waals surface area contributed by atoms with E-state index in [0.29, 0.717) is 6.04 Å². The van der Waals surface area contributed by atoms with Gasteiger partial charge in [0, 0.05) is 36.5 Å². The van der Waals surface area contributed by atoms with E-state index in [1.807, 2.05) is 30.5 Å². The van der Waals surface area contributed by atoms with Gasteiger partial charge in [0.05, 0.1) is 0 Å². The minimum atomic E-state index is 0.0374. The Morgan fingerprint density at radius 1 is 1.00 bits per heavy atom. The number of amides is 1. The molecule has 1 saturated carbocycles. The standard InChI is InChI=1S/C21H25N3O/c25-21(23-19-8-1-2-9-19)17-7-5-6-16(14-17)18-10-11-20(22-15-18)24-12-3-4-13-24/h5-7,10-11,14-15,19H,1-4,8-9,12-13H2,(H,23,25). The van der Waals surface area contributed by atoms with E-state index in [0.717, 1.165) is 48.4 Å². The maximum Gasteiger partial charge on any atom is 0.251 e. The molecule has 0 spiro atoms. The second-order valence-electron chi connectivity index (χ2n) is 7.13. The van der Waals surface area contributed by atoms with Crippen molar-refractivity contribution >= 4 is 11.7 Å². The van der Waals surface area contributed by atoms with Crippen molar-refractivity contribution in [3.63, 3.8) is 0 Å². The first-order valence-electron chi connectivity index (χ1n) is 9.42. The van der Waals surface area contributed by atoms with Crippen LogP contribution in [0.3, 0.4) is 0 Å². The van der Waals surface area contributed by atoms with Crippen molar-refractivity contribution in [2.24, 2.45) is 0 Å². The van der Waals surface area contributed by atoms with Crippen LogP contribution in [0.1, 0.15) is 48.9 Å². The van der Waals surface area contributed by atoms with Crippen molar-refractivity contribution in [2.45, 2.75) is 44.6 Å². The highest BCUT2D eigenvalue weighted by molar-refractivity contribution is 5.95. The molecule has 4 rings (SSSR count). The lowest BCUT2D eigenvalue weighted by molar-refractivity contribution is 0.0938. The summed E-state index contributed by atoms with van der Waals surface area (Å²) in [6, 6.07) is 12.4. The summed E-state index contributed by atoms with van der Waals surface area (Å²) in [7, 11) is 0. The summed E-state index contributed by atoms with van der Waals surface area (Å²) in [4.78, 5) is 19.4. The summed E-state index contributed by atoms with van der Waals surface area (Å²) in [5.74, 6) is 1.09. The van der Waals surface area contributed by atoms with Gasteiger partial charge in [-0.2, -0.15) is 0 Å². The summed E-state index contributed by atoms with van der Waals surface area (Å²) < 4.78 is 0. The van der Waals surface area contributed by atoms with Gasteiger partial charge in [-0.1, -0.05) is 25.0 Å². The molecule has 0 atom stereocenters. The lowest BCUT2D eigenvalue weighted by atomic mass is 10.0. The number of nitrogens with one attached hydrogen (secondary N) is 1. The van der Waals surface area contributed by atoms with E-state index in [2.05, 4.69) is 27.3 Å². The van der Waals surface area contributed by atoms with Gasteiger partial charge in [-0.05, 0) is 55.5 Å². The highest BCUT2D eigenvalue weighted by Crippen LogP contribution is 2.24. The van der Waals surface area contributed by atoms with Gasteiger partial charge in [0.1, 0.15) is 5.82 Å². The third kappa shape index (κ3) is 3.68. The molecule has 0 radical (unpaired) electrons. The van der Waals surface area contributed by atoms with E-state index in [1.165, 1.54) is 25.7 Å². The quantitative estimate of drug-likeness (QED) is 0.918. The minimum Gasteiger partial charge on any atom is -0.357 e. The van der Waals surface area contributed by atoms with E-state index in [1.54, 1.807) is 0 Å². The molecule has 0 bridgehead atoms. The molecule has 4 heteroatoms. The molecule has 1 aromatic heterocycles. The second kappa shape index (κ2) is 7.26. The number of pyridine rings is 1. The Morgan fingerprint density at radius 3 is 2.52 bits per heavy atom. The maximum atomic E-state index is 12.5. The van der Waals surface area contributed by atoms with Crippen LogP contribution >= 0.6 is 0 Å². The summed E-state index contributed by atoms with van der Waals surface area (Å²) in [5.41, 5.74) is 2.83. The Morgan fingerprint density at radius 2 is 1.80 bits per heavy atom. The molecular weight excluding hydrogens is 310 g/mol. The monoisotopic (exact) mass is 335 g/mol. The zero-order valence-corrected chi connectivity index (χ0v) is 14.6. The number of hydrogen-bond donors (Lipinski definition) is 1. The number of anilines is 1. The van der Waals surface area contributed by atoms with Gasteiger partial charge in [-0.25, -0.2) is 4.98 Å². The van der Waals surface area contributed by atoms with Crippen LogP contribution < -0.4 is 10.2 Å². The number of carbonyl (C=O) groups is 1.